The van der Waals surface area contributed by atoms with E-state index in [1.807, 2.05) is 42.0 Å². The Morgan fingerprint density at radius 3 is 3.00 bits per heavy atom. The second-order valence-electron chi connectivity index (χ2n) is 5.79. The number of amides is 1. The van der Waals surface area contributed by atoms with Crippen LogP contribution in [0.3, 0.4) is 0 Å². The Balaban J connectivity index is 1.68. The largest absolute Gasteiger partial charge is 0.348 e. The zero-order chi connectivity index (χ0) is 16.4. The van der Waals surface area contributed by atoms with Crippen LogP contribution in [-0.4, -0.2) is 34.0 Å². The Kier molecular flexibility index (Phi) is 4.12. The van der Waals surface area contributed by atoms with Gasteiger partial charge in [-0.25, -0.2) is 13.8 Å². The van der Waals surface area contributed by atoms with Gasteiger partial charge in [-0.15, -0.1) is 0 Å². The number of imidazole rings is 1. The molecule has 0 aliphatic carbocycles. The summed E-state index contributed by atoms with van der Waals surface area (Å²) in [5, 5.41) is 5.35. The second-order valence-corrected chi connectivity index (χ2v) is 5.79. The number of carbonyl (C=O) groups is 1. The fourth-order valence-corrected chi connectivity index (χ4v) is 2.66. The molecule has 2 unspecified atom stereocenters. The Bertz CT molecular complexity index is 687. The van der Waals surface area contributed by atoms with Gasteiger partial charge in [-0.3, -0.25) is 10.1 Å². The quantitative estimate of drug-likeness (QED) is 0.906. The molecule has 2 N–H and O–H groups in total. The molecule has 0 radical (unpaired) electrons. The summed E-state index contributed by atoms with van der Waals surface area (Å²) in [6, 6.07) is 6.52. The van der Waals surface area contributed by atoms with E-state index in [1.54, 1.807) is 12.5 Å². The molecule has 1 aromatic carbocycles. The van der Waals surface area contributed by atoms with E-state index in [0.717, 1.165) is 11.3 Å². The third kappa shape index (κ3) is 3.56. The number of carbonyl (C=O) groups excluding carboxylic acids is 1. The van der Waals surface area contributed by atoms with Crippen molar-refractivity contribution in [3.8, 4) is 5.69 Å². The van der Waals surface area contributed by atoms with Crippen LogP contribution in [0, 0.1) is 0 Å². The maximum absolute atomic E-state index is 13.2. The van der Waals surface area contributed by atoms with E-state index in [1.165, 1.54) is 0 Å². The number of nitrogens with zero attached hydrogens (tertiary/aromatic N) is 2. The number of halogens is 2. The molecule has 3 rings (SSSR count). The molecular weight excluding hydrogens is 302 g/mol. The lowest BCUT2D eigenvalue weighted by atomic mass is 10.1. The van der Waals surface area contributed by atoms with Crippen molar-refractivity contribution in [1.82, 2.24) is 20.2 Å². The molecule has 1 saturated heterocycles. The highest BCUT2D eigenvalue weighted by Gasteiger charge is 2.42. The molecule has 0 saturated carbocycles. The monoisotopic (exact) mass is 320 g/mol. The number of alkyl halides is 2. The maximum Gasteiger partial charge on any atom is 0.262 e. The van der Waals surface area contributed by atoms with Gasteiger partial charge in [0.05, 0.1) is 25.0 Å². The number of benzene rings is 1. The van der Waals surface area contributed by atoms with E-state index >= 15 is 0 Å². The Labute approximate surface area is 132 Å². The number of hydrogen-bond acceptors (Lipinski definition) is 3. The van der Waals surface area contributed by atoms with Crippen molar-refractivity contribution >= 4 is 5.91 Å². The fourth-order valence-electron chi connectivity index (χ4n) is 2.66. The third-order valence-corrected chi connectivity index (χ3v) is 3.96. The van der Waals surface area contributed by atoms with Crippen molar-refractivity contribution in [2.45, 2.75) is 31.4 Å². The Morgan fingerprint density at radius 2 is 2.35 bits per heavy atom. The number of nitrogens with one attached hydrogen (secondary N) is 2. The van der Waals surface area contributed by atoms with Crippen LogP contribution in [0.15, 0.2) is 43.0 Å². The molecule has 1 aliphatic rings. The molecule has 2 heterocycles. The van der Waals surface area contributed by atoms with Gasteiger partial charge in [-0.2, -0.15) is 0 Å². The highest BCUT2D eigenvalue weighted by atomic mass is 19.3. The van der Waals surface area contributed by atoms with E-state index < -0.39 is 30.8 Å². The molecule has 122 valence electrons. The molecule has 1 fully saturated rings. The number of hydrogen-bond donors (Lipinski definition) is 2. The molecule has 23 heavy (non-hydrogen) atoms. The molecular formula is C16H18F2N4O. The lowest BCUT2D eigenvalue weighted by Gasteiger charge is -2.18. The number of aromatic nitrogens is 2. The van der Waals surface area contributed by atoms with E-state index in [9.17, 15) is 13.6 Å². The molecule has 7 heteroatoms. The average molecular weight is 320 g/mol. The molecule has 1 amide bonds. The maximum atomic E-state index is 13.2. The summed E-state index contributed by atoms with van der Waals surface area (Å²) in [6.45, 7) is 1.38. The van der Waals surface area contributed by atoms with E-state index in [4.69, 9.17) is 0 Å². The van der Waals surface area contributed by atoms with Crippen molar-refractivity contribution in [3.05, 3.63) is 48.5 Å². The first-order chi connectivity index (χ1) is 10.9. The number of rotatable bonds is 4. The van der Waals surface area contributed by atoms with Gasteiger partial charge in [0.2, 0.25) is 5.91 Å². The van der Waals surface area contributed by atoms with Crippen LogP contribution < -0.4 is 10.6 Å². The van der Waals surface area contributed by atoms with Gasteiger partial charge in [-0.05, 0) is 24.6 Å². The van der Waals surface area contributed by atoms with Crippen LogP contribution in [0.5, 0.6) is 0 Å². The SMILES string of the molecule is CC(NC(=O)C1CC(F)(F)CN1)c1cccc(-n2ccnc2)c1. The van der Waals surface area contributed by atoms with E-state index in [-0.39, 0.29) is 6.04 Å². The average Bonchev–Trinajstić information content (AvgIpc) is 3.16. The van der Waals surface area contributed by atoms with Gasteiger partial charge in [0.1, 0.15) is 0 Å². The summed E-state index contributed by atoms with van der Waals surface area (Å²) >= 11 is 0. The molecule has 1 aromatic heterocycles. The summed E-state index contributed by atoms with van der Waals surface area (Å²) in [6.07, 6.45) is 4.74. The predicted molar refractivity (Wildman–Crippen MR) is 81.5 cm³/mol. The first kappa shape index (κ1) is 15.6. The first-order valence-corrected chi connectivity index (χ1v) is 7.44. The second kappa shape index (κ2) is 6.08. The lowest BCUT2D eigenvalue weighted by Crippen LogP contribution is -2.41. The van der Waals surface area contributed by atoms with Crippen molar-refractivity contribution in [3.63, 3.8) is 0 Å². The van der Waals surface area contributed by atoms with Crippen LogP contribution in [0.2, 0.25) is 0 Å². The summed E-state index contributed by atoms with van der Waals surface area (Å²) in [5.74, 6) is -3.21. The minimum absolute atomic E-state index is 0.276. The van der Waals surface area contributed by atoms with Crippen molar-refractivity contribution in [2.24, 2.45) is 0 Å². The zero-order valence-electron chi connectivity index (χ0n) is 12.7. The first-order valence-electron chi connectivity index (χ1n) is 7.44. The minimum Gasteiger partial charge on any atom is -0.348 e. The van der Waals surface area contributed by atoms with Gasteiger partial charge in [0, 0.05) is 24.5 Å². The summed E-state index contributed by atoms with van der Waals surface area (Å²) < 4.78 is 28.2. The molecule has 2 atom stereocenters. The van der Waals surface area contributed by atoms with Crippen molar-refractivity contribution in [1.29, 1.82) is 0 Å². The molecule has 0 bridgehead atoms. The Morgan fingerprint density at radius 1 is 1.52 bits per heavy atom. The fraction of sp³-hybridized carbons (Fsp3) is 0.375. The van der Waals surface area contributed by atoms with Crippen LogP contribution in [0.1, 0.15) is 24.9 Å². The van der Waals surface area contributed by atoms with Crippen molar-refractivity contribution in [2.75, 3.05) is 6.54 Å². The minimum atomic E-state index is -2.81. The van der Waals surface area contributed by atoms with Gasteiger partial charge in [0.25, 0.3) is 5.92 Å². The highest BCUT2D eigenvalue weighted by molar-refractivity contribution is 5.82. The van der Waals surface area contributed by atoms with Gasteiger partial charge in [0.15, 0.2) is 0 Å². The van der Waals surface area contributed by atoms with Gasteiger partial charge in [-0.1, -0.05) is 12.1 Å². The standard InChI is InChI=1S/C16H18F2N4O/c1-11(21-15(23)14-8-16(17,18)9-20-14)12-3-2-4-13(7-12)22-6-5-19-10-22/h2-7,10-11,14,20H,8-9H2,1H3,(H,21,23). The van der Waals surface area contributed by atoms with Gasteiger partial charge >= 0.3 is 0 Å². The summed E-state index contributed by atoms with van der Waals surface area (Å²) in [5.41, 5.74) is 1.82. The molecule has 1 aliphatic heterocycles. The predicted octanol–water partition coefficient (Wildman–Crippen LogP) is 2.05. The topological polar surface area (TPSA) is 59.0 Å². The molecule has 2 aromatic rings. The van der Waals surface area contributed by atoms with E-state index in [2.05, 4.69) is 15.6 Å². The van der Waals surface area contributed by atoms with Crippen LogP contribution in [0.4, 0.5) is 8.78 Å². The Hall–Kier alpha value is -2.28. The van der Waals surface area contributed by atoms with Crippen molar-refractivity contribution < 1.29 is 13.6 Å². The smallest absolute Gasteiger partial charge is 0.262 e. The normalized spacial score (nSPS) is 21.1. The highest BCUT2D eigenvalue weighted by Crippen LogP contribution is 2.25. The summed E-state index contributed by atoms with van der Waals surface area (Å²) in [7, 11) is 0. The summed E-state index contributed by atoms with van der Waals surface area (Å²) in [4.78, 5) is 16.1. The van der Waals surface area contributed by atoms with Crippen LogP contribution >= 0.6 is 0 Å². The van der Waals surface area contributed by atoms with Crippen LogP contribution in [-0.2, 0) is 4.79 Å². The van der Waals surface area contributed by atoms with E-state index in [0.29, 0.717) is 0 Å². The van der Waals surface area contributed by atoms with Gasteiger partial charge < -0.3 is 9.88 Å². The molecule has 0 spiro atoms. The molecule has 5 nitrogen and oxygen atoms in total. The van der Waals surface area contributed by atoms with Crippen LogP contribution in [0.25, 0.3) is 5.69 Å². The zero-order valence-corrected chi connectivity index (χ0v) is 12.7. The lowest BCUT2D eigenvalue weighted by molar-refractivity contribution is -0.124. The third-order valence-electron chi connectivity index (χ3n) is 3.96.